The van der Waals surface area contributed by atoms with Crippen molar-refractivity contribution in [3.05, 3.63) is 66.0 Å². The van der Waals surface area contributed by atoms with Gasteiger partial charge in [-0.05, 0) is 48.7 Å². The third kappa shape index (κ3) is 4.59. The number of methoxy groups -OCH3 is 1. The van der Waals surface area contributed by atoms with Gasteiger partial charge in [-0.25, -0.2) is 4.39 Å². The average Bonchev–Trinajstić information content (AvgIpc) is 2.56. The molecule has 24 heavy (non-hydrogen) atoms. The third-order valence-corrected chi connectivity index (χ3v) is 3.37. The van der Waals surface area contributed by atoms with Crippen molar-refractivity contribution in [1.82, 2.24) is 0 Å². The zero-order chi connectivity index (χ0) is 17.5. The molecule has 0 aliphatic heterocycles. The van der Waals surface area contributed by atoms with Gasteiger partial charge in [-0.15, -0.1) is 6.58 Å². The Bertz CT molecular complexity index is 743. The van der Waals surface area contributed by atoms with Crippen molar-refractivity contribution >= 4 is 11.6 Å². The minimum absolute atomic E-state index is 0.127. The molecule has 0 bridgehead atoms. The number of amides is 1. The molecule has 0 saturated heterocycles. The molecule has 0 radical (unpaired) electrons. The molecule has 0 aliphatic carbocycles. The molecule has 0 aliphatic rings. The predicted octanol–water partition coefficient (Wildman–Crippen LogP) is 3.89. The standard InChI is InChI=1S/C19H20FNO3/c1-4-5-14-7-9-17(18(11-14)23-3)24-12-19(22)21-16-8-6-13(2)10-15(16)20/h4,6-11H,1,5,12H2,2-3H3,(H,21,22). The highest BCUT2D eigenvalue weighted by Gasteiger charge is 2.10. The molecule has 4 nitrogen and oxygen atoms in total. The van der Waals surface area contributed by atoms with Crippen LogP contribution >= 0.6 is 0 Å². The number of aryl methyl sites for hydroxylation is 1. The van der Waals surface area contributed by atoms with E-state index in [4.69, 9.17) is 9.47 Å². The van der Waals surface area contributed by atoms with E-state index in [2.05, 4.69) is 11.9 Å². The van der Waals surface area contributed by atoms with Crippen LogP contribution in [0.5, 0.6) is 11.5 Å². The number of allylic oxidation sites excluding steroid dienone is 1. The molecular formula is C19H20FNO3. The summed E-state index contributed by atoms with van der Waals surface area (Å²) >= 11 is 0. The van der Waals surface area contributed by atoms with Crippen molar-refractivity contribution in [2.24, 2.45) is 0 Å². The van der Waals surface area contributed by atoms with Crippen LogP contribution in [0.25, 0.3) is 0 Å². The van der Waals surface area contributed by atoms with Crippen LogP contribution in [-0.4, -0.2) is 19.6 Å². The van der Waals surface area contributed by atoms with E-state index in [0.717, 1.165) is 11.1 Å². The van der Waals surface area contributed by atoms with Crippen molar-refractivity contribution in [2.45, 2.75) is 13.3 Å². The summed E-state index contributed by atoms with van der Waals surface area (Å²) in [6.07, 6.45) is 2.50. The lowest BCUT2D eigenvalue weighted by Crippen LogP contribution is -2.21. The Labute approximate surface area is 140 Å². The molecular weight excluding hydrogens is 309 g/mol. The maximum Gasteiger partial charge on any atom is 0.262 e. The molecule has 0 aromatic heterocycles. The summed E-state index contributed by atoms with van der Waals surface area (Å²) in [7, 11) is 1.53. The lowest BCUT2D eigenvalue weighted by atomic mass is 10.1. The predicted molar refractivity (Wildman–Crippen MR) is 92.2 cm³/mol. The number of benzene rings is 2. The number of hydrogen-bond donors (Lipinski definition) is 1. The van der Waals surface area contributed by atoms with Crippen molar-refractivity contribution in [1.29, 1.82) is 0 Å². The van der Waals surface area contributed by atoms with E-state index >= 15 is 0 Å². The Kier molecular flexibility index (Phi) is 5.95. The second-order valence-corrected chi connectivity index (χ2v) is 5.30. The lowest BCUT2D eigenvalue weighted by molar-refractivity contribution is -0.118. The van der Waals surface area contributed by atoms with Crippen LogP contribution < -0.4 is 14.8 Å². The monoisotopic (exact) mass is 329 g/mol. The molecule has 0 unspecified atom stereocenters. The number of carbonyl (C=O) groups excluding carboxylic acids is 1. The zero-order valence-corrected chi connectivity index (χ0v) is 13.8. The smallest absolute Gasteiger partial charge is 0.262 e. The Balaban J connectivity index is 1.99. The summed E-state index contributed by atoms with van der Waals surface area (Å²) in [6, 6.07) is 10.0. The normalized spacial score (nSPS) is 10.1. The van der Waals surface area contributed by atoms with E-state index in [1.54, 1.807) is 25.1 Å². The number of nitrogens with one attached hydrogen (secondary N) is 1. The van der Waals surface area contributed by atoms with Crippen LogP contribution in [0.4, 0.5) is 10.1 Å². The average molecular weight is 329 g/mol. The lowest BCUT2D eigenvalue weighted by Gasteiger charge is -2.12. The minimum Gasteiger partial charge on any atom is -0.493 e. The third-order valence-electron chi connectivity index (χ3n) is 3.37. The Morgan fingerprint density at radius 2 is 2.04 bits per heavy atom. The van der Waals surface area contributed by atoms with Crippen molar-refractivity contribution in [3.8, 4) is 11.5 Å². The van der Waals surface area contributed by atoms with E-state index in [9.17, 15) is 9.18 Å². The quantitative estimate of drug-likeness (QED) is 0.784. The van der Waals surface area contributed by atoms with Gasteiger partial charge >= 0.3 is 0 Å². The Hall–Kier alpha value is -2.82. The van der Waals surface area contributed by atoms with Gasteiger partial charge in [0.05, 0.1) is 12.8 Å². The number of halogens is 1. The number of anilines is 1. The molecule has 2 aromatic carbocycles. The molecule has 0 atom stereocenters. The van der Waals surface area contributed by atoms with E-state index in [1.807, 2.05) is 12.1 Å². The van der Waals surface area contributed by atoms with E-state index < -0.39 is 11.7 Å². The van der Waals surface area contributed by atoms with Gasteiger partial charge in [0.2, 0.25) is 0 Å². The number of hydrogen-bond acceptors (Lipinski definition) is 3. The van der Waals surface area contributed by atoms with E-state index in [1.165, 1.54) is 19.2 Å². The second-order valence-electron chi connectivity index (χ2n) is 5.30. The number of ether oxygens (including phenoxy) is 2. The molecule has 1 N–H and O–H groups in total. The SMILES string of the molecule is C=CCc1ccc(OCC(=O)Nc2ccc(C)cc2F)c(OC)c1. The molecule has 0 saturated carbocycles. The molecule has 5 heteroatoms. The molecule has 1 amide bonds. The fourth-order valence-electron chi connectivity index (χ4n) is 2.18. The van der Waals surface area contributed by atoms with Crippen molar-refractivity contribution in [3.63, 3.8) is 0 Å². The fraction of sp³-hybridized carbons (Fsp3) is 0.211. The second kappa shape index (κ2) is 8.15. The first-order chi connectivity index (χ1) is 11.5. The zero-order valence-electron chi connectivity index (χ0n) is 13.8. The largest absolute Gasteiger partial charge is 0.493 e. The van der Waals surface area contributed by atoms with Crippen LogP contribution in [0.15, 0.2) is 49.1 Å². The highest BCUT2D eigenvalue weighted by atomic mass is 19.1. The molecule has 126 valence electrons. The topological polar surface area (TPSA) is 47.6 Å². The van der Waals surface area contributed by atoms with Gasteiger partial charge in [0, 0.05) is 0 Å². The van der Waals surface area contributed by atoms with Gasteiger partial charge in [-0.1, -0.05) is 18.2 Å². The summed E-state index contributed by atoms with van der Waals surface area (Å²) in [5.41, 5.74) is 1.94. The molecule has 2 aromatic rings. The van der Waals surface area contributed by atoms with Gasteiger partial charge in [0.15, 0.2) is 18.1 Å². The highest BCUT2D eigenvalue weighted by Crippen LogP contribution is 2.28. The van der Waals surface area contributed by atoms with Crippen molar-refractivity contribution < 1.29 is 18.7 Å². The summed E-state index contributed by atoms with van der Waals surface area (Å²) < 4.78 is 24.5. The summed E-state index contributed by atoms with van der Waals surface area (Å²) in [6.45, 7) is 5.22. The maximum absolute atomic E-state index is 13.7. The van der Waals surface area contributed by atoms with Gasteiger partial charge < -0.3 is 14.8 Å². The first-order valence-corrected chi connectivity index (χ1v) is 7.50. The number of carbonyl (C=O) groups is 1. The summed E-state index contributed by atoms with van der Waals surface area (Å²) in [4.78, 5) is 11.9. The first-order valence-electron chi connectivity index (χ1n) is 7.50. The van der Waals surface area contributed by atoms with Crippen molar-refractivity contribution in [2.75, 3.05) is 19.0 Å². The molecule has 0 fully saturated rings. The van der Waals surface area contributed by atoms with Crippen LogP contribution in [0.1, 0.15) is 11.1 Å². The van der Waals surface area contributed by atoms with Gasteiger partial charge in [-0.3, -0.25) is 4.79 Å². The van der Waals surface area contributed by atoms with Crippen LogP contribution in [-0.2, 0) is 11.2 Å². The van der Waals surface area contributed by atoms with Crippen LogP contribution in [0.3, 0.4) is 0 Å². The minimum atomic E-state index is -0.477. The Morgan fingerprint density at radius 3 is 2.71 bits per heavy atom. The van der Waals surface area contributed by atoms with Gasteiger partial charge in [0.1, 0.15) is 5.82 Å². The van der Waals surface area contributed by atoms with Gasteiger partial charge in [0.25, 0.3) is 5.91 Å². The summed E-state index contributed by atoms with van der Waals surface area (Å²) in [5.74, 6) is 0.0539. The molecule has 0 heterocycles. The van der Waals surface area contributed by atoms with Gasteiger partial charge in [-0.2, -0.15) is 0 Å². The number of rotatable bonds is 7. The highest BCUT2D eigenvalue weighted by molar-refractivity contribution is 5.92. The molecule has 0 spiro atoms. The molecule has 2 rings (SSSR count). The van der Waals surface area contributed by atoms with E-state index in [0.29, 0.717) is 17.9 Å². The first kappa shape index (κ1) is 17.5. The van der Waals surface area contributed by atoms with Crippen LogP contribution in [0, 0.1) is 12.7 Å². The maximum atomic E-state index is 13.7. The van der Waals surface area contributed by atoms with E-state index in [-0.39, 0.29) is 12.3 Å². The summed E-state index contributed by atoms with van der Waals surface area (Å²) in [5, 5.41) is 2.48. The fourth-order valence-corrected chi connectivity index (χ4v) is 2.18. The Morgan fingerprint density at radius 1 is 1.25 bits per heavy atom. The van der Waals surface area contributed by atoms with Crippen LogP contribution in [0.2, 0.25) is 0 Å².